The molecule has 0 bridgehead atoms. The highest BCUT2D eigenvalue weighted by Gasteiger charge is 2.13. The summed E-state index contributed by atoms with van der Waals surface area (Å²) in [5, 5.41) is 0. The van der Waals surface area contributed by atoms with E-state index in [4.69, 9.17) is 9.47 Å². The molecule has 0 spiro atoms. The van der Waals surface area contributed by atoms with E-state index in [1.807, 2.05) is 24.3 Å². The average Bonchev–Trinajstić information content (AvgIpc) is 3.07. The SMILES string of the molecule is CCCCCOc1cccc(C(=O)N=c2sc3cc(Br)ccc3n2CC(=O)OCC)c1. The van der Waals surface area contributed by atoms with Gasteiger partial charge in [0, 0.05) is 10.0 Å². The molecule has 1 amide bonds. The number of esters is 1. The van der Waals surface area contributed by atoms with Crippen LogP contribution in [0.4, 0.5) is 0 Å². The number of carbonyl (C=O) groups is 2. The van der Waals surface area contributed by atoms with Gasteiger partial charge in [-0.1, -0.05) is 53.1 Å². The van der Waals surface area contributed by atoms with Gasteiger partial charge in [0.15, 0.2) is 4.80 Å². The Bertz CT molecular complexity index is 1140. The van der Waals surface area contributed by atoms with Crippen LogP contribution in [0, 0.1) is 0 Å². The van der Waals surface area contributed by atoms with Gasteiger partial charge in [0.1, 0.15) is 12.3 Å². The summed E-state index contributed by atoms with van der Waals surface area (Å²) >= 11 is 4.81. The summed E-state index contributed by atoms with van der Waals surface area (Å²) in [5.74, 6) is -0.111. The molecule has 0 saturated carbocycles. The van der Waals surface area contributed by atoms with Crippen LogP contribution in [-0.2, 0) is 16.1 Å². The lowest BCUT2D eigenvalue weighted by Crippen LogP contribution is -2.23. The monoisotopic (exact) mass is 504 g/mol. The molecule has 0 N–H and O–H groups in total. The van der Waals surface area contributed by atoms with Gasteiger partial charge in [-0.25, -0.2) is 0 Å². The van der Waals surface area contributed by atoms with Gasteiger partial charge in [0.2, 0.25) is 0 Å². The Morgan fingerprint density at radius 2 is 1.97 bits per heavy atom. The van der Waals surface area contributed by atoms with Gasteiger partial charge in [-0.15, -0.1) is 0 Å². The molecule has 2 aromatic carbocycles. The summed E-state index contributed by atoms with van der Waals surface area (Å²) in [6.45, 7) is 4.80. The zero-order chi connectivity index (χ0) is 22.2. The van der Waals surface area contributed by atoms with E-state index in [2.05, 4.69) is 27.8 Å². The molecular weight excluding hydrogens is 480 g/mol. The highest BCUT2D eigenvalue weighted by Crippen LogP contribution is 2.22. The number of fused-ring (bicyclic) bond motifs is 1. The molecule has 0 atom stereocenters. The Morgan fingerprint density at radius 1 is 1.13 bits per heavy atom. The summed E-state index contributed by atoms with van der Waals surface area (Å²) in [7, 11) is 0. The van der Waals surface area contributed by atoms with Crippen molar-refractivity contribution in [2.45, 2.75) is 39.7 Å². The predicted molar refractivity (Wildman–Crippen MR) is 126 cm³/mol. The quantitative estimate of drug-likeness (QED) is 0.291. The first-order valence-electron chi connectivity index (χ1n) is 10.3. The summed E-state index contributed by atoms with van der Waals surface area (Å²) in [4.78, 5) is 29.8. The van der Waals surface area contributed by atoms with E-state index in [1.165, 1.54) is 11.3 Å². The fourth-order valence-electron chi connectivity index (χ4n) is 3.03. The number of carbonyl (C=O) groups excluding carboxylic acids is 2. The number of unbranched alkanes of at least 4 members (excludes halogenated alkanes) is 2. The van der Waals surface area contributed by atoms with E-state index >= 15 is 0 Å². The highest BCUT2D eigenvalue weighted by atomic mass is 79.9. The minimum absolute atomic E-state index is 0.0117. The number of benzene rings is 2. The van der Waals surface area contributed by atoms with Crippen molar-refractivity contribution in [3.63, 3.8) is 0 Å². The molecule has 0 aliphatic carbocycles. The lowest BCUT2D eigenvalue weighted by atomic mass is 10.2. The summed E-state index contributed by atoms with van der Waals surface area (Å²) in [5.41, 5.74) is 1.26. The number of rotatable bonds is 9. The molecule has 6 nitrogen and oxygen atoms in total. The molecule has 0 fully saturated rings. The molecule has 164 valence electrons. The largest absolute Gasteiger partial charge is 0.494 e. The third-order valence-corrected chi connectivity index (χ3v) is 6.07. The zero-order valence-corrected chi connectivity index (χ0v) is 20.0. The first-order valence-corrected chi connectivity index (χ1v) is 11.9. The van der Waals surface area contributed by atoms with E-state index in [-0.39, 0.29) is 18.4 Å². The van der Waals surface area contributed by atoms with Crippen molar-refractivity contribution < 1.29 is 19.1 Å². The maximum atomic E-state index is 12.9. The highest BCUT2D eigenvalue weighted by molar-refractivity contribution is 9.10. The summed E-state index contributed by atoms with van der Waals surface area (Å²) in [6.07, 6.45) is 3.21. The maximum Gasteiger partial charge on any atom is 0.326 e. The molecule has 1 aromatic heterocycles. The number of nitrogens with zero attached hydrogens (tertiary/aromatic N) is 2. The molecule has 3 aromatic rings. The fraction of sp³-hybridized carbons (Fsp3) is 0.348. The van der Waals surface area contributed by atoms with Crippen LogP contribution in [-0.4, -0.2) is 29.7 Å². The van der Waals surface area contributed by atoms with Gasteiger partial charge in [0.25, 0.3) is 5.91 Å². The van der Waals surface area contributed by atoms with Crippen molar-refractivity contribution in [1.29, 1.82) is 0 Å². The van der Waals surface area contributed by atoms with Crippen LogP contribution in [0.2, 0.25) is 0 Å². The molecule has 0 aliphatic rings. The van der Waals surface area contributed by atoms with Gasteiger partial charge in [-0.05, 0) is 49.7 Å². The Hall–Kier alpha value is -2.45. The number of thiazole rings is 1. The first-order chi connectivity index (χ1) is 15.0. The average molecular weight is 505 g/mol. The van der Waals surface area contributed by atoms with E-state index < -0.39 is 0 Å². The molecular formula is C23H25BrN2O4S. The van der Waals surface area contributed by atoms with Gasteiger partial charge in [0.05, 0.1) is 23.4 Å². The third-order valence-electron chi connectivity index (χ3n) is 4.53. The Morgan fingerprint density at radius 3 is 2.74 bits per heavy atom. The van der Waals surface area contributed by atoms with Crippen LogP contribution < -0.4 is 9.54 Å². The first kappa shape index (κ1) is 23.2. The van der Waals surface area contributed by atoms with Crippen LogP contribution in [0.15, 0.2) is 51.9 Å². The molecule has 0 saturated heterocycles. The lowest BCUT2D eigenvalue weighted by molar-refractivity contribution is -0.143. The molecule has 31 heavy (non-hydrogen) atoms. The Kier molecular flexibility index (Phi) is 8.43. The molecule has 0 aliphatic heterocycles. The molecule has 1 heterocycles. The van der Waals surface area contributed by atoms with Crippen molar-refractivity contribution in [2.75, 3.05) is 13.2 Å². The maximum absolute atomic E-state index is 12.9. The van der Waals surface area contributed by atoms with Gasteiger partial charge >= 0.3 is 5.97 Å². The second kappa shape index (κ2) is 11.2. The fourth-order valence-corrected chi connectivity index (χ4v) is 4.61. The van der Waals surface area contributed by atoms with Crippen molar-refractivity contribution in [3.05, 3.63) is 57.3 Å². The number of hydrogen-bond acceptors (Lipinski definition) is 5. The van der Waals surface area contributed by atoms with E-state index in [0.29, 0.717) is 29.3 Å². The second-order valence-electron chi connectivity index (χ2n) is 6.89. The summed E-state index contributed by atoms with van der Waals surface area (Å²) < 4.78 is 14.4. The van der Waals surface area contributed by atoms with Gasteiger partial charge in [-0.2, -0.15) is 4.99 Å². The van der Waals surface area contributed by atoms with Crippen molar-refractivity contribution in [1.82, 2.24) is 4.57 Å². The number of hydrogen-bond donors (Lipinski definition) is 0. The lowest BCUT2D eigenvalue weighted by Gasteiger charge is -2.07. The van der Waals surface area contributed by atoms with Crippen LogP contribution in [0.3, 0.4) is 0 Å². The standard InChI is InChI=1S/C23H25BrN2O4S/c1-3-5-6-12-30-18-9-7-8-16(13-18)22(28)25-23-26(15-21(27)29-4-2)19-11-10-17(24)14-20(19)31-23/h7-11,13-14H,3-6,12,15H2,1-2H3. The van der Waals surface area contributed by atoms with E-state index in [0.717, 1.165) is 34.0 Å². The van der Waals surface area contributed by atoms with Crippen molar-refractivity contribution >= 4 is 49.4 Å². The molecule has 0 radical (unpaired) electrons. The van der Waals surface area contributed by atoms with Crippen LogP contribution in [0.1, 0.15) is 43.5 Å². The van der Waals surface area contributed by atoms with Crippen LogP contribution >= 0.6 is 27.3 Å². The molecule has 3 rings (SSSR count). The molecule has 0 unspecified atom stereocenters. The van der Waals surface area contributed by atoms with E-state index in [9.17, 15) is 9.59 Å². The minimum Gasteiger partial charge on any atom is -0.494 e. The normalized spacial score (nSPS) is 11.6. The summed E-state index contributed by atoms with van der Waals surface area (Å²) in [6, 6.07) is 12.8. The Balaban J connectivity index is 1.92. The number of ether oxygens (including phenoxy) is 2. The number of aromatic nitrogens is 1. The van der Waals surface area contributed by atoms with E-state index in [1.54, 1.807) is 29.7 Å². The number of amides is 1. The minimum atomic E-state index is -0.387. The van der Waals surface area contributed by atoms with Gasteiger partial charge in [-0.3, -0.25) is 9.59 Å². The smallest absolute Gasteiger partial charge is 0.326 e. The van der Waals surface area contributed by atoms with Crippen LogP contribution in [0.25, 0.3) is 10.2 Å². The van der Waals surface area contributed by atoms with Crippen LogP contribution in [0.5, 0.6) is 5.75 Å². The number of halogens is 1. The van der Waals surface area contributed by atoms with Crippen molar-refractivity contribution in [3.8, 4) is 5.75 Å². The van der Waals surface area contributed by atoms with Crippen molar-refractivity contribution in [2.24, 2.45) is 4.99 Å². The predicted octanol–water partition coefficient (Wildman–Crippen LogP) is 5.34. The zero-order valence-electron chi connectivity index (χ0n) is 17.6. The molecule has 8 heteroatoms. The van der Waals surface area contributed by atoms with Gasteiger partial charge < -0.3 is 14.0 Å². The second-order valence-corrected chi connectivity index (χ2v) is 8.81. The third kappa shape index (κ3) is 6.27. The Labute approximate surface area is 193 Å². The topological polar surface area (TPSA) is 69.9 Å².